The molecule has 0 fully saturated rings. The number of amidine groups is 1. The summed E-state index contributed by atoms with van der Waals surface area (Å²) in [6, 6.07) is 7.32. The summed E-state index contributed by atoms with van der Waals surface area (Å²) in [7, 11) is 0. The summed E-state index contributed by atoms with van der Waals surface area (Å²) in [5, 5.41) is 7.27. The van der Waals surface area contributed by atoms with E-state index >= 15 is 0 Å². The first-order valence-electron chi connectivity index (χ1n) is 5.89. The Bertz CT molecular complexity index is 338. The van der Waals surface area contributed by atoms with Crippen LogP contribution in [0.1, 0.15) is 25.3 Å². The topological polar surface area (TPSA) is 59.1 Å². The molecule has 1 rings (SSSR count). The van der Waals surface area contributed by atoms with Crippen LogP contribution in [0.2, 0.25) is 0 Å². The maximum absolute atomic E-state index is 7.27. The molecule has 0 saturated heterocycles. The van der Waals surface area contributed by atoms with Gasteiger partial charge in [0.15, 0.2) is 0 Å². The van der Waals surface area contributed by atoms with E-state index in [1.54, 1.807) is 0 Å². The summed E-state index contributed by atoms with van der Waals surface area (Å²) >= 11 is 1.93. The minimum Gasteiger partial charge on any atom is -0.493 e. The number of ether oxygens (including phenoxy) is 1. The van der Waals surface area contributed by atoms with Gasteiger partial charge in [-0.1, -0.05) is 13.3 Å². The molecule has 0 aliphatic rings. The average molecular weight is 252 g/mol. The quantitative estimate of drug-likeness (QED) is 0.425. The third-order valence-electron chi connectivity index (χ3n) is 2.30. The molecule has 0 heterocycles. The van der Waals surface area contributed by atoms with Gasteiger partial charge in [-0.05, 0) is 36.4 Å². The van der Waals surface area contributed by atoms with E-state index < -0.39 is 0 Å². The molecule has 0 saturated carbocycles. The van der Waals surface area contributed by atoms with Crippen molar-refractivity contribution >= 4 is 17.6 Å². The van der Waals surface area contributed by atoms with Gasteiger partial charge < -0.3 is 10.5 Å². The zero-order valence-electron chi connectivity index (χ0n) is 10.2. The van der Waals surface area contributed by atoms with E-state index in [2.05, 4.69) is 6.92 Å². The SMILES string of the molecule is CCCCSCCOc1ccc(C(=N)N)cc1. The Morgan fingerprint density at radius 3 is 2.59 bits per heavy atom. The Balaban J connectivity index is 2.21. The van der Waals surface area contributed by atoms with Crippen molar-refractivity contribution in [2.45, 2.75) is 19.8 Å². The highest BCUT2D eigenvalue weighted by atomic mass is 32.2. The van der Waals surface area contributed by atoms with Crippen molar-refractivity contribution in [1.29, 1.82) is 5.41 Å². The van der Waals surface area contributed by atoms with Crippen molar-refractivity contribution in [3.05, 3.63) is 29.8 Å². The number of nitrogens with one attached hydrogen (secondary N) is 1. The highest BCUT2D eigenvalue weighted by Crippen LogP contribution is 2.12. The highest BCUT2D eigenvalue weighted by molar-refractivity contribution is 7.99. The first-order valence-corrected chi connectivity index (χ1v) is 7.04. The molecule has 0 atom stereocenters. The summed E-state index contributed by atoms with van der Waals surface area (Å²) in [6.07, 6.45) is 2.53. The van der Waals surface area contributed by atoms with Crippen molar-refractivity contribution in [1.82, 2.24) is 0 Å². The van der Waals surface area contributed by atoms with E-state index in [4.69, 9.17) is 15.9 Å². The first kappa shape index (κ1) is 13.9. The molecule has 3 nitrogen and oxygen atoms in total. The van der Waals surface area contributed by atoms with Gasteiger partial charge in [-0.2, -0.15) is 11.8 Å². The first-order chi connectivity index (χ1) is 8.24. The summed E-state index contributed by atoms with van der Waals surface area (Å²) in [4.78, 5) is 0. The Labute approximate surface area is 107 Å². The molecule has 0 aliphatic carbocycles. The fourth-order valence-electron chi connectivity index (χ4n) is 1.30. The molecule has 4 heteroatoms. The molecule has 17 heavy (non-hydrogen) atoms. The summed E-state index contributed by atoms with van der Waals surface area (Å²) in [5.74, 6) is 3.16. The third kappa shape index (κ3) is 5.63. The number of benzene rings is 1. The number of thioether (sulfide) groups is 1. The van der Waals surface area contributed by atoms with Crippen molar-refractivity contribution in [3.8, 4) is 5.75 Å². The van der Waals surface area contributed by atoms with E-state index in [1.165, 1.54) is 18.6 Å². The third-order valence-corrected chi connectivity index (χ3v) is 3.34. The maximum Gasteiger partial charge on any atom is 0.122 e. The van der Waals surface area contributed by atoms with Gasteiger partial charge in [-0.3, -0.25) is 5.41 Å². The lowest BCUT2D eigenvalue weighted by molar-refractivity contribution is 0.344. The Hall–Kier alpha value is -1.16. The van der Waals surface area contributed by atoms with Crippen LogP contribution in [-0.2, 0) is 0 Å². The van der Waals surface area contributed by atoms with Crippen LogP contribution >= 0.6 is 11.8 Å². The summed E-state index contributed by atoms with van der Waals surface area (Å²) < 4.78 is 5.59. The second-order valence-electron chi connectivity index (χ2n) is 3.75. The molecular formula is C13H20N2OS. The molecule has 0 bridgehead atoms. The van der Waals surface area contributed by atoms with Crippen LogP contribution in [0.5, 0.6) is 5.75 Å². The normalized spacial score (nSPS) is 10.2. The van der Waals surface area contributed by atoms with Crippen molar-refractivity contribution in [3.63, 3.8) is 0 Å². The number of nitrogens with two attached hydrogens (primary N) is 1. The smallest absolute Gasteiger partial charge is 0.122 e. The predicted molar refractivity (Wildman–Crippen MR) is 75.2 cm³/mol. The van der Waals surface area contributed by atoms with Gasteiger partial charge in [0.2, 0.25) is 0 Å². The summed E-state index contributed by atoms with van der Waals surface area (Å²) in [6.45, 7) is 2.93. The number of unbranched alkanes of at least 4 members (excludes halogenated alkanes) is 1. The lowest BCUT2D eigenvalue weighted by atomic mass is 10.2. The standard InChI is InChI=1S/C13H20N2OS/c1-2-3-9-17-10-8-16-12-6-4-11(5-7-12)13(14)15/h4-7H,2-3,8-10H2,1H3,(H3,14,15). The zero-order chi connectivity index (χ0) is 12.5. The van der Waals surface area contributed by atoms with E-state index in [9.17, 15) is 0 Å². The van der Waals surface area contributed by atoms with Gasteiger partial charge in [0.05, 0.1) is 6.61 Å². The molecule has 1 aromatic carbocycles. The summed E-state index contributed by atoms with van der Waals surface area (Å²) in [5.41, 5.74) is 6.10. The Kier molecular flexibility index (Phi) is 6.55. The van der Waals surface area contributed by atoms with Crippen LogP contribution in [0, 0.1) is 5.41 Å². The van der Waals surface area contributed by atoms with Crippen molar-refractivity contribution < 1.29 is 4.74 Å². The molecule has 0 aliphatic heterocycles. The molecule has 0 amide bonds. The predicted octanol–water partition coefficient (Wildman–Crippen LogP) is 2.88. The number of hydrogen-bond donors (Lipinski definition) is 2. The zero-order valence-corrected chi connectivity index (χ0v) is 11.1. The maximum atomic E-state index is 7.27. The molecule has 0 aromatic heterocycles. The fraction of sp³-hybridized carbons (Fsp3) is 0.462. The van der Waals surface area contributed by atoms with Crippen LogP contribution in [0.25, 0.3) is 0 Å². The minimum atomic E-state index is 0.0895. The van der Waals surface area contributed by atoms with Gasteiger partial charge >= 0.3 is 0 Å². The highest BCUT2D eigenvalue weighted by Gasteiger charge is 1.97. The van der Waals surface area contributed by atoms with E-state index in [0.717, 1.165) is 23.7 Å². The van der Waals surface area contributed by atoms with Crippen LogP contribution in [0.15, 0.2) is 24.3 Å². The number of nitrogen functional groups attached to an aromatic ring is 1. The molecule has 0 unspecified atom stereocenters. The lowest BCUT2D eigenvalue weighted by Crippen LogP contribution is -2.10. The minimum absolute atomic E-state index is 0.0895. The van der Waals surface area contributed by atoms with Gasteiger partial charge in [-0.25, -0.2) is 0 Å². The van der Waals surface area contributed by atoms with Gasteiger partial charge in [0.1, 0.15) is 11.6 Å². The van der Waals surface area contributed by atoms with Gasteiger partial charge in [0, 0.05) is 11.3 Å². The number of rotatable bonds is 8. The van der Waals surface area contributed by atoms with Gasteiger partial charge in [0.25, 0.3) is 0 Å². The molecule has 3 N–H and O–H groups in total. The Morgan fingerprint density at radius 2 is 2.00 bits per heavy atom. The van der Waals surface area contributed by atoms with E-state index in [1.807, 2.05) is 36.0 Å². The molecule has 0 spiro atoms. The van der Waals surface area contributed by atoms with Crippen molar-refractivity contribution in [2.24, 2.45) is 5.73 Å². The molecule has 0 radical (unpaired) electrons. The van der Waals surface area contributed by atoms with Gasteiger partial charge in [-0.15, -0.1) is 0 Å². The lowest BCUT2D eigenvalue weighted by Gasteiger charge is -2.06. The average Bonchev–Trinajstić information content (AvgIpc) is 2.34. The number of hydrogen-bond acceptors (Lipinski definition) is 3. The fourth-order valence-corrected chi connectivity index (χ4v) is 2.20. The van der Waals surface area contributed by atoms with E-state index in [0.29, 0.717) is 0 Å². The van der Waals surface area contributed by atoms with Crippen LogP contribution < -0.4 is 10.5 Å². The van der Waals surface area contributed by atoms with Crippen LogP contribution in [0.4, 0.5) is 0 Å². The second kappa shape index (κ2) is 8.01. The Morgan fingerprint density at radius 1 is 1.29 bits per heavy atom. The van der Waals surface area contributed by atoms with Crippen molar-refractivity contribution in [2.75, 3.05) is 18.1 Å². The second-order valence-corrected chi connectivity index (χ2v) is 4.98. The van der Waals surface area contributed by atoms with Crippen LogP contribution in [0.3, 0.4) is 0 Å². The molecule has 94 valence electrons. The monoisotopic (exact) mass is 252 g/mol. The largest absolute Gasteiger partial charge is 0.493 e. The van der Waals surface area contributed by atoms with E-state index in [-0.39, 0.29) is 5.84 Å². The van der Waals surface area contributed by atoms with Crippen LogP contribution in [-0.4, -0.2) is 23.9 Å². The molecular weight excluding hydrogens is 232 g/mol. The molecule has 1 aromatic rings.